The van der Waals surface area contributed by atoms with E-state index in [9.17, 15) is 9.18 Å². The molecule has 0 aliphatic heterocycles. The first-order valence-electron chi connectivity index (χ1n) is 5.39. The Bertz CT molecular complexity index is 623. The summed E-state index contributed by atoms with van der Waals surface area (Å²) >= 11 is 12.4. The van der Waals surface area contributed by atoms with Crippen molar-refractivity contribution in [2.45, 2.75) is 6.42 Å². The highest BCUT2D eigenvalue weighted by Gasteiger charge is 2.10. The van der Waals surface area contributed by atoms with Crippen molar-refractivity contribution in [1.82, 2.24) is 0 Å². The molecule has 0 aliphatic rings. The van der Waals surface area contributed by atoms with Crippen molar-refractivity contribution in [3.63, 3.8) is 0 Å². The Balaban J connectivity index is 2.22. The zero-order valence-electron chi connectivity index (χ0n) is 9.59. The summed E-state index contributed by atoms with van der Waals surface area (Å²) in [4.78, 5) is 12.1. The molecule has 0 fully saturated rings. The van der Waals surface area contributed by atoms with Gasteiger partial charge in [-0.1, -0.05) is 33.6 Å². The van der Waals surface area contributed by atoms with Crippen molar-refractivity contribution in [2.75, 3.05) is 0 Å². The topological polar surface area (TPSA) is 17.1 Å². The fraction of sp³-hybridized carbons (Fsp3) is 0.0714. The molecule has 2 aromatic carbocycles. The maximum Gasteiger partial charge on any atom is 0.167 e. The number of hydrogen-bond acceptors (Lipinski definition) is 1. The molecule has 0 unspecified atom stereocenters. The molecule has 0 aliphatic carbocycles. The van der Waals surface area contributed by atoms with Crippen LogP contribution in [0.2, 0.25) is 5.02 Å². The number of rotatable bonds is 3. The molecule has 0 saturated carbocycles. The summed E-state index contributed by atoms with van der Waals surface area (Å²) in [5, 5.41) is 0.478. The molecule has 0 heterocycles. The van der Waals surface area contributed by atoms with Crippen LogP contribution in [-0.4, -0.2) is 5.78 Å². The lowest BCUT2D eigenvalue weighted by Crippen LogP contribution is -2.04. The fourth-order valence-corrected chi connectivity index (χ4v) is 2.61. The predicted octanol–water partition coefficient (Wildman–Crippen LogP) is 5.43. The molecule has 0 N–H and O–H groups in total. The van der Waals surface area contributed by atoms with E-state index in [0.717, 1.165) is 4.47 Å². The Morgan fingerprint density at radius 3 is 2.53 bits per heavy atom. The van der Waals surface area contributed by atoms with Crippen molar-refractivity contribution in [3.05, 3.63) is 67.3 Å². The minimum atomic E-state index is -0.369. The number of ketones is 1. The Kier molecular flexibility index (Phi) is 4.76. The van der Waals surface area contributed by atoms with E-state index in [1.54, 1.807) is 24.3 Å². The van der Waals surface area contributed by atoms with E-state index in [4.69, 9.17) is 11.6 Å². The first-order chi connectivity index (χ1) is 8.95. The van der Waals surface area contributed by atoms with Gasteiger partial charge in [0.05, 0.1) is 5.02 Å². The quantitative estimate of drug-likeness (QED) is 0.621. The number of carbonyl (C=O) groups excluding carboxylic acids is 1. The Morgan fingerprint density at radius 2 is 1.89 bits per heavy atom. The zero-order chi connectivity index (χ0) is 14.0. The summed E-state index contributed by atoms with van der Waals surface area (Å²) in [6.07, 6.45) is 0.133. The van der Waals surface area contributed by atoms with E-state index in [0.29, 0.717) is 20.6 Å². The van der Waals surface area contributed by atoms with Crippen molar-refractivity contribution in [3.8, 4) is 0 Å². The van der Waals surface area contributed by atoms with Gasteiger partial charge >= 0.3 is 0 Å². The van der Waals surface area contributed by atoms with Crippen LogP contribution in [0.4, 0.5) is 4.39 Å². The van der Waals surface area contributed by atoms with Crippen LogP contribution in [0, 0.1) is 5.82 Å². The Labute approximate surface area is 132 Å². The number of carbonyl (C=O) groups is 1. The molecule has 5 heteroatoms. The van der Waals surface area contributed by atoms with Gasteiger partial charge in [-0.3, -0.25) is 4.79 Å². The van der Waals surface area contributed by atoms with Gasteiger partial charge in [-0.2, -0.15) is 0 Å². The number of Topliss-reactive ketones (excluding diaryl/α,β-unsaturated/α-hetero) is 1. The molecular weight excluding hydrogens is 398 g/mol. The average Bonchev–Trinajstić information content (AvgIpc) is 2.31. The maximum absolute atomic E-state index is 13.2. The van der Waals surface area contributed by atoms with Crippen LogP contribution in [0.5, 0.6) is 0 Å². The molecule has 0 radical (unpaired) electrons. The second kappa shape index (κ2) is 6.16. The van der Waals surface area contributed by atoms with Gasteiger partial charge in [-0.15, -0.1) is 0 Å². The van der Waals surface area contributed by atoms with Crippen LogP contribution in [0.3, 0.4) is 0 Å². The van der Waals surface area contributed by atoms with Gasteiger partial charge < -0.3 is 0 Å². The normalized spacial score (nSPS) is 10.5. The van der Waals surface area contributed by atoms with Gasteiger partial charge in [-0.05, 0) is 51.8 Å². The van der Waals surface area contributed by atoms with Crippen molar-refractivity contribution in [1.29, 1.82) is 0 Å². The highest BCUT2D eigenvalue weighted by Crippen LogP contribution is 2.24. The van der Waals surface area contributed by atoms with Gasteiger partial charge in [0.2, 0.25) is 0 Å². The standard InChI is InChI=1S/C14H8Br2ClFO/c15-10-3-8(4-11(18)7-10)5-14(19)9-1-2-12(16)13(17)6-9/h1-4,6-7H,5H2. The van der Waals surface area contributed by atoms with E-state index in [1.165, 1.54) is 12.1 Å². The molecule has 0 aromatic heterocycles. The summed E-state index contributed by atoms with van der Waals surface area (Å²) in [5.74, 6) is -0.474. The number of halogens is 4. The molecule has 19 heavy (non-hydrogen) atoms. The molecule has 98 valence electrons. The minimum Gasteiger partial charge on any atom is -0.294 e. The zero-order valence-corrected chi connectivity index (χ0v) is 13.5. The first kappa shape index (κ1) is 14.7. The Morgan fingerprint density at radius 1 is 1.16 bits per heavy atom. The third-order valence-electron chi connectivity index (χ3n) is 2.53. The van der Waals surface area contributed by atoms with Gasteiger partial charge in [0, 0.05) is 20.9 Å². The van der Waals surface area contributed by atoms with E-state index >= 15 is 0 Å². The van der Waals surface area contributed by atoms with Crippen LogP contribution in [0.15, 0.2) is 45.3 Å². The minimum absolute atomic E-state index is 0.105. The van der Waals surface area contributed by atoms with E-state index < -0.39 is 0 Å². The molecule has 2 aromatic rings. The van der Waals surface area contributed by atoms with Crippen LogP contribution >= 0.6 is 43.5 Å². The summed E-state index contributed by atoms with van der Waals surface area (Å²) in [6, 6.07) is 9.43. The highest BCUT2D eigenvalue weighted by atomic mass is 79.9. The maximum atomic E-state index is 13.2. The molecule has 0 saturated heterocycles. The molecule has 0 bridgehead atoms. The predicted molar refractivity (Wildman–Crippen MR) is 81.3 cm³/mol. The lowest BCUT2D eigenvalue weighted by Gasteiger charge is -2.04. The molecule has 1 nitrogen and oxygen atoms in total. The number of hydrogen-bond donors (Lipinski definition) is 0. The third kappa shape index (κ3) is 3.88. The SMILES string of the molecule is O=C(Cc1cc(F)cc(Br)c1)c1ccc(Br)c(Cl)c1. The van der Waals surface area contributed by atoms with Crippen molar-refractivity contribution >= 4 is 49.2 Å². The molecule has 0 amide bonds. The van der Waals surface area contributed by atoms with Gasteiger partial charge in [0.15, 0.2) is 5.78 Å². The van der Waals surface area contributed by atoms with Gasteiger partial charge in [0.25, 0.3) is 0 Å². The number of benzene rings is 2. The molecule has 0 atom stereocenters. The Hall–Kier alpha value is -0.710. The van der Waals surface area contributed by atoms with Crippen LogP contribution < -0.4 is 0 Å². The summed E-state index contributed by atoms with van der Waals surface area (Å²) < 4.78 is 14.6. The second-order valence-electron chi connectivity index (χ2n) is 4.01. The van der Waals surface area contributed by atoms with Crippen molar-refractivity contribution in [2.24, 2.45) is 0 Å². The lowest BCUT2D eigenvalue weighted by atomic mass is 10.0. The monoisotopic (exact) mass is 404 g/mol. The van der Waals surface area contributed by atoms with Crippen LogP contribution in [0.1, 0.15) is 15.9 Å². The fourth-order valence-electron chi connectivity index (χ4n) is 1.67. The average molecular weight is 406 g/mol. The summed E-state index contributed by atoms with van der Waals surface area (Å²) in [6.45, 7) is 0. The summed E-state index contributed by atoms with van der Waals surface area (Å²) in [5.41, 5.74) is 1.13. The van der Waals surface area contributed by atoms with Gasteiger partial charge in [-0.25, -0.2) is 4.39 Å². The van der Waals surface area contributed by atoms with E-state index in [-0.39, 0.29) is 18.0 Å². The highest BCUT2D eigenvalue weighted by molar-refractivity contribution is 9.10. The third-order valence-corrected chi connectivity index (χ3v) is 4.22. The van der Waals surface area contributed by atoms with E-state index in [2.05, 4.69) is 31.9 Å². The molecule has 0 spiro atoms. The van der Waals surface area contributed by atoms with E-state index in [1.807, 2.05) is 0 Å². The van der Waals surface area contributed by atoms with Crippen LogP contribution in [0.25, 0.3) is 0 Å². The smallest absolute Gasteiger partial charge is 0.167 e. The molecule has 2 rings (SSSR count). The lowest BCUT2D eigenvalue weighted by molar-refractivity contribution is 0.0993. The van der Waals surface area contributed by atoms with Crippen LogP contribution in [-0.2, 0) is 6.42 Å². The summed E-state index contributed by atoms with van der Waals surface area (Å²) in [7, 11) is 0. The first-order valence-corrected chi connectivity index (χ1v) is 7.35. The molecular formula is C14H8Br2ClFO. The van der Waals surface area contributed by atoms with Gasteiger partial charge in [0.1, 0.15) is 5.82 Å². The second-order valence-corrected chi connectivity index (χ2v) is 6.18. The van der Waals surface area contributed by atoms with Crippen molar-refractivity contribution < 1.29 is 9.18 Å². The largest absolute Gasteiger partial charge is 0.294 e.